The van der Waals surface area contributed by atoms with Gasteiger partial charge in [0.25, 0.3) is 0 Å². The molecule has 0 heterocycles. The molecule has 3 nitrogen and oxygen atoms in total. The van der Waals surface area contributed by atoms with Gasteiger partial charge < -0.3 is 10.5 Å². The summed E-state index contributed by atoms with van der Waals surface area (Å²) < 4.78 is 5.40. The summed E-state index contributed by atoms with van der Waals surface area (Å²) in [4.78, 5) is 12.2. The maximum atomic E-state index is 12.2. The van der Waals surface area contributed by atoms with Crippen molar-refractivity contribution < 1.29 is 9.53 Å². The second kappa shape index (κ2) is 5.53. The van der Waals surface area contributed by atoms with Gasteiger partial charge in [0.05, 0.1) is 12.7 Å². The SMILES string of the molecule is COc1cc(C)c2c(c1C(=O)CCN)CCCC2. The zero-order valence-corrected chi connectivity index (χ0v) is 11.2. The maximum absolute atomic E-state index is 12.2. The van der Waals surface area contributed by atoms with Crippen molar-refractivity contribution in [3.8, 4) is 5.75 Å². The van der Waals surface area contributed by atoms with Crippen molar-refractivity contribution >= 4 is 5.78 Å². The molecule has 0 saturated carbocycles. The van der Waals surface area contributed by atoms with Crippen LogP contribution < -0.4 is 10.5 Å². The van der Waals surface area contributed by atoms with Gasteiger partial charge in [-0.15, -0.1) is 0 Å². The minimum atomic E-state index is 0.118. The highest BCUT2D eigenvalue weighted by Gasteiger charge is 2.23. The Kier molecular flexibility index (Phi) is 4.02. The average molecular weight is 247 g/mol. The molecule has 3 heteroatoms. The number of carbonyl (C=O) groups excluding carboxylic acids is 1. The fourth-order valence-electron chi connectivity index (χ4n) is 2.84. The zero-order valence-electron chi connectivity index (χ0n) is 11.2. The number of benzene rings is 1. The number of aryl methyl sites for hydroxylation is 1. The smallest absolute Gasteiger partial charge is 0.168 e. The number of hydrogen-bond donors (Lipinski definition) is 1. The second-order valence-corrected chi connectivity index (χ2v) is 4.90. The van der Waals surface area contributed by atoms with Crippen LogP contribution in [0.15, 0.2) is 6.07 Å². The highest BCUT2D eigenvalue weighted by Crippen LogP contribution is 2.34. The topological polar surface area (TPSA) is 52.3 Å². The number of fused-ring (bicyclic) bond motifs is 1. The number of ketones is 1. The Hall–Kier alpha value is -1.35. The first-order valence-corrected chi connectivity index (χ1v) is 6.61. The van der Waals surface area contributed by atoms with Gasteiger partial charge >= 0.3 is 0 Å². The van der Waals surface area contributed by atoms with E-state index in [0.717, 1.165) is 24.8 Å². The third-order valence-electron chi connectivity index (χ3n) is 3.71. The van der Waals surface area contributed by atoms with Crippen molar-refractivity contribution in [3.05, 3.63) is 28.3 Å². The van der Waals surface area contributed by atoms with Crippen LogP contribution >= 0.6 is 0 Å². The molecule has 0 aromatic heterocycles. The Balaban J connectivity index is 2.57. The van der Waals surface area contributed by atoms with Crippen LogP contribution in [0.3, 0.4) is 0 Å². The molecule has 1 aliphatic rings. The number of ether oxygens (including phenoxy) is 1. The van der Waals surface area contributed by atoms with E-state index in [4.69, 9.17) is 10.5 Å². The van der Waals surface area contributed by atoms with E-state index in [1.807, 2.05) is 6.07 Å². The zero-order chi connectivity index (χ0) is 13.1. The normalized spacial score (nSPS) is 14.2. The quantitative estimate of drug-likeness (QED) is 0.831. The van der Waals surface area contributed by atoms with Gasteiger partial charge in [-0.05, 0) is 61.9 Å². The molecule has 2 rings (SSSR count). The standard InChI is InChI=1S/C15H21NO2/c1-10-9-14(18-2)15(13(17)7-8-16)12-6-4-3-5-11(10)12/h9H,3-8,16H2,1-2H3. The summed E-state index contributed by atoms with van der Waals surface area (Å²) >= 11 is 0. The number of hydrogen-bond acceptors (Lipinski definition) is 3. The van der Waals surface area contributed by atoms with Crippen LogP contribution in [0.5, 0.6) is 5.75 Å². The predicted molar refractivity (Wildman–Crippen MR) is 72.4 cm³/mol. The Morgan fingerprint density at radius 3 is 2.61 bits per heavy atom. The molecule has 0 fully saturated rings. The highest BCUT2D eigenvalue weighted by atomic mass is 16.5. The van der Waals surface area contributed by atoms with Gasteiger partial charge in [0.15, 0.2) is 5.78 Å². The molecule has 18 heavy (non-hydrogen) atoms. The first kappa shape index (κ1) is 13.1. The summed E-state index contributed by atoms with van der Waals surface area (Å²) in [6.45, 7) is 2.49. The van der Waals surface area contributed by atoms with Crippen molar-refractivity contribution in [2.24, 2.45) is 5.73 Å². The molecule has 0 amide bonds. The van der Waals surface area contributed by atoms with Crippen LogP contribution in [0.25, 0.3) is 0 Å². The number of nitrogens with two attached hydrogens (primary N) is 1. The summed E-state index contributed by atoms with van der Waals surface area (Å²) in [6, 6.07) is 1.99. The molecule has 2 N–H and O–H groups in total. The van der Waals surface area contributed by atoms with E-state index in [0.29, 0.717) is 18.7 Å². The van der Waals surface area contributed by atoms with E-state index in [-0.39, 0.29) is 5.78 Å². The van der Waals surface area contributed by atoms with Gasteiger partial charge in [0, 0.05) is 6.42 Å². The third-order valence-corrected chi connectivity index (χ3v) is 3.71. The lowest BCUT2D eigenvalue weighted by Gasteiger charge is -2.23. The van der Waals surface area contributed by atoms with Crippen LogP contribution in [0.4, 0.5) is 0 Å². The Morgan fingerprint density at radius 2 is 2.00 bits per heavy atom. The van der Waals surface area contributed by atoms with E-state index in [1.54, 1.807) is 7.11 Å². The lowest BCUT2D eigenvalue weighted by atomic mass is 9.83. The number of carbonyl (C=O) groups is 1. The Bertz CT molecular complexity index is 466. The molecular weight excluding hydrogens is 226 g/mol. The third kappa shape index (κ3) is 2.27. The van der Waals surface area contributed by atoms with E-state index < -0.39 is 0 Å². The van der Waals surface area contributed by atoms with E-state index in [1.165, 1.54) is 23.1 Å². The fourth-order valence-corrected chi connectivity index (χ4v) is 2.84. The molecule has 0 aliphatic heterocycles. The summed E-state index contributed by atoms with van der Waals surface area (Å²) in [5.74, 6) is 0.833. The molecule has 98 valence electrons. The molecular formula is C15H21NO2. The van der Waals surface area contributed by atoms with Crippen molar-refractivity contribution in [1.29, 1.82) is 0 Å². The monoisotopic (exact) mass is 247 g/mol. The maximum Gasteiger partial charge on any atom is 0.168 e. The Morgan fingerprint density at radius 1 is 1.33 bits per heavy atom. The molecule has 0 spiro atoms. The molecule has 0 bridgehead atoms. The Labute approximate surface area is 108 Å². The summed E-state index contributed by atoms with van der Waals surface area (Å²) in [5, 5.41) is 0. The summed E-state index contributed by atoms with van der Waals surface area (Å²) in [6.07, 6.45) is 4.83. The fraction of sp³-hybridized carbons (Fsp3) is 0.533. The van der Waals surface area contributed by atoms with Crippen molar-refractivity contribution in [3.63, 3.8) is 0 Å². The number of Topliss-reactive ketones (excluding diaryl/α,β-unsaturated/α-hetero) is 1. The van der Waals surface area contributed by atoms with Crippen molar-refractivity contribution in [1.82, 2.24) is 0 Å². The highest BCUT2D eigenvalue weighted by molar-refractivity contribution is 6.00. The number of methoxy groups -OCH3 is 1. The van der Waals surface area contributed by atoms with Gasteiger partial charge in [-0.3, -0.25) is 4.79 Å². The minimum Gasteiger partial charge on any atom is -0.496 e. The van der Waals surface area contributed by atoms with E-state index in [2.05, 4.69) is 6.92 Å². The molecule has 0 atom stereocenters. The van der Waals surface area contributed by atoms with Crippen LogP contribution in [-0.4, -0.2) is 19.4 Å². The van der Waals surface area contributed by atoms with Crippen LogP contribution in [0.1, 0.15) is 46.3 Å². The first-order chi connectivity index (χ1) is 8.69. The van der Waals surface area contributed by atoms with Gasteiger partial charge in [0.1, 0.15) is 5.75 Å². The molecule has 0 radical (unpaired) electrons. The van der Waals surface area contributed by atoms with Gasteiger partial charge in [0.2, 0.25) is 0 Å². The van der Waals surface area contributed by atoms with Gasteiger partial charge in [-0.25, -0.2) is 0 Å². The predicted octanol–water partition coefficient (Wildman–Crippen LogP) is 2.41. The average Bonchev–Trinajstić information content (AvgIpc) is 2.38. The van der Waals surface area contributed by atoms with Crippen LogP contribution in [0.2, 0.25) is 0 Å². The lowest BCUT2D eigenvalue weighted by molar-refractivity contribution is 0.0981. The van der Waals surface area contributed by atoms with Crippen molar-refractivity contribution in [2.75, 3.05) is 13.7 Å². The molecule has 1 aromatic carbocycles. The van der Waals surface area contributed by atoms with Crippen LogP contribution in [0, 0.1) is 6.92 Å². The molecule has 1 aliphatic carbocycles. The van der Waals surface area contributed by atoms with E-state index >= 15 is 0 Å². The van der Waals surface area contributed by atoms with Crippen molar-refractivity contribution in [2.45, 2.75) is 39.0 Å². The molecule has 0 saturated heterocycles. The second-order valence-electron chi connectivity index (χ2n) is 4.90. The van der Waals surface area contributed by atoms with Crippen LogP contribution in [-0.2, 0) is 12.8 Å². The first-order valence-electron chi connectivity index (χ1n) is 6.61. The minimum absolute atomic E-state index is 0.118. The van der Waals surface area contributed by atoms with Gasteiger partial charge in [-0.2, -0.15) is 0 Å². The van der Waals surface area contributed by atoms with E-state index in [9.17, 15) is 4.79 Å². The number of rotatable bonds is 4. The molecule has 0 unspecified atom stereocenters. The summed E-state index contributed by atoms with van der Waals surface area (Å²) in [5.41, 5.74) is 10.1. The summed E-state index contributed by atoms with van der Waals surface area (Å²) in [7, 11) is 1.63. The largest absolute Gasteiger partial charge is 0.496 e. The lowest BCUT2D eigenvalue weighted by Crippen LogP contribution is -2.16. The van der Waals surface area contributed by atoms with Gasteiger partial charge in [-0.1, -0.05) is 0 Å². The molecule has 1 aromatic rings.